The molecule has 0 aliphatic heterocycles. The molecule has 7 heteroatoms. The topological polar surface area (TPSA) is 55.1 Å². The Labute approximate surface area is 103 Å². The molecule has 1 aliphatic carbocycles. The zero-order valence-corrected chi connectivity index (χ0v) is 9.97. The number of carbonyl (C=O) groups excluding carboxylic acids is 1. The van der Waals surface area contributed by atoms with Crippen LogP contribution in [0, 0.1) is 5.92 Å². The number of amides is 1. The van der Waals surface area contributed by atoms with Gasteiger partial charge in [-0.15, -0.1) is 0 Å². The normalized spacial score (nSPS) is 25.2. The number of halogens is 4. The molecule has 3 N–H and O–H groups in total. The van der Waals surface area contributed by atoms with Gasteiger partial charge in [-0.25, -0.2) is 8.78 Å². The van der Waals surface area contributed by atoms with E-state index in [0.717, 1.165) is 25.7 Å². The molecule has 1 fully saturated rings. The number of hydrogen-bond donors (Lipinski definition) is 2. The van der Waals surface area contributed by atoms with E-state index in [1.165, 1.54) is 0 Å². The number of alkyl halides is 4. The van der Waals surface area contributed by atoms with Crippen LogP contribution in [-0.2, 0) is 4.79 Å². The molecule has 1 amide bonds. The van der Waals surface area contributed by atoms with Crippen LogP contribution in [0.15, 0.2) is 0 Å². The Hall–Kier alpha value is -0.850. The predicted octanol–water partition coefficient (Wildman–Crippen LogP) is 1.91. The molecule has 0 aromatic carbocycles. The minimum absolute atomic E-state index is 0.0283. The highest BCUT2D eigenvalue weighted by molar-refractivity contribution is 5.76. The summed E-state index contributed by atoms with van der Waals surface area (Å²) in [5, 5.41) is 1.85. The van der Waals surface area contributed by atoms with E-state index in [2.05, 4.69) is 0 Å². The van der Waals surface area contributed by atoms with E-state index < -0.39 is 24.8 Å². The third kappa shape index (κ3) is 4.44. The molecule has 0 saturated heterocycles. The summed E-state index contributed by atoms with van der Waals surface area (Å²) in [5.41, 5.74) is 5.81. The van der Waals surface area contributed by atoms with Gasteiger partial charge in [-0.05, 0) is 18.8 Å². The van der Waals surface area contributed by atoms with Crippen molar-refractivity contribution in [3.63, 3.8) is 0 Å². The van der Waals surface area contributed by atoms with Gasteiger partial charge in [-0.2, -0.15) is 8.78 Å². The monoisotopic (exact) mass is 270 g/mol. The lowest BCUT2D eigenvalue weighted by molar-refractivity contribution is -0.137. The predicted molar refractivity (Wildman–Crippen MR) is 58.5 cm³/mol. The van der Waals surface area contributed by atoms with E-state index in [1.807, 2.05) is 5.32 Å². The molecule has 0 heterocycles. The van der Waals surface area contributed by atoms with Crippen molar-refractivity contribution in [2.75, 3.05) is 6.54 Å². The molecule has 3 nitrogen and oxygen atoms in total. The molecule has 1 rings (SSSR count). The molecule has 0 aromatic heterocycles. The lowest BCUT2D eigenvalue weighted by Gasteiger charge is -2.28. The number of carbonyl (C=O) groups is 1. The fourth-order valence-corrected chi connectivity index (χ4v) is 2.09. The standard InChI is InChI=1S/C11H18F4N2O/c12-10(13)11(14,15)6-17-9(18)5-7-3-1-2-4-8(7)16/h7-8,10H,1-6,16H2,(H,17,18). The van der Waals surface area contributed by atoms with Gasteiger partial charge in [0, 0.05) is 12.5 Å². The van der Waals surface area contributed by atoms with Crippen LogP contribution in [0.1, 0.15) is 32.1 Å². The lowest BCUT2D eigenvalue weighted by Crippen LogP contribution is -2.43. The minimum atomic E-state index is -4.18. The number of nitrogens with two attached hydrogens (primary N) is 1. The molecule has 0 spiro atoms. The molecule has 0 radical (unpaired) electrons. The molecule has 18 heavy (non-hydrogen) atoms. The van der Waals surface area contributed by atoms with Gasteiger partial charge < -0.3 is 11.1 Å². The largest absolute Gasteiger partial charge is 0.350 e. The molecule has 0 aromatic rings. The van der Waals surface area contributed by atoms with Crippen LogP contribution >= 0.6 is 0 Å². The number of rotatable bonds is 5. The summed E-state index contributed by atoms with van der Waals surface area (Å²) in [6.07, 6.45) is -0.192. The van der Waals surface area contributed by atoms with Crippen LogP contribution in [0.5, 0.6) is 0 Å². The first-order valence-electron chi connectivity index (χ1n) is 6.01. The van der Waals surface area contributed by atoms with Gasteiger partial charge in [0.1, 0.15) is 0 Å². The third-order valence-corrected chi connectivity index (χ3v) is 3.26. The van der Waals surface area contributed by atoms with E-state index in [-0.39, 0.29) is 18.4 Å². The Bertz CT molecular complexity index is 286. The van der Waals surface area contributed by atoms with Gasteiger partial charge in [0.05, 0.1) is 6.54 Å². The maximum absolute atomic E-state index is 12.6. The van der Waals surface area contributed by atoms with Crippen LogP contribution in [0.25, 0.3) is 0 Å². The van der Waals surface area contributed by atoms with Gasteiger partial charge in [0.2, 0.25) is 5.91 Å². The first-order chi connectivity index (χ1) is 8.33. The van der Waals surface area contributed by atoms with Gasteiger partial charge in [-0.1, -0.05) is 12.8 Å². The van der Waals surface area contributed by atoms with Crippen molar-refractivity contribution in [2.45, 2.75) is 50.5 Å². The van der Waals surface area contributed by atoms with Crippen molar-refractivity contribution in [3.8, 4) is 0 Å². The molecule has 2 unspecified atom stereocenters. The van der Waals surface area contributed by atoms with Crippen molar-refractivity contribution in [1.82, 2.24) is 5.32 Å². The van der Waals surface area contributed by atoms with Crippen LogP contribution in [0.2, 0.25) is 0 Å². The Morgan fingerprint density at radius 1 is 1.33 bits per heavy atom. The van der Waals surface area contributed by atoms with Crippen LogP contribution in [-0.4, -0.2) is 30.8 Å². The fraction of sp³-hybridized carbons (Fsp3) is 0.909. The van der Waals surface area contributed by atoms with Crippen LogP contribution < -0.4 is 11.1 Å². The number of nitrogens with one attached hydrogen (secondary N) is 1. The fourth-order valence-electron chi connectivity index (χ4n) is 2.09. The molecule has 0 bridgehead atoms. The minimum Gasteiger partial charge on any atom is -0.350 e. The Kier molecular flexibility index (Phi) is 5.37. The van der Waals surface area contributed by atoms with Gasteiger partial charge in [0.25, 0.3) is 0 Å². The summed E-state index contributed by atoms with van der Waals surface area (Å²) in [6.45, 7) is -1.33. The summed E-state index contributed by atoms with van der Waals surface area (Å²) in [5.74, 6) is -4.86. The highest BCUT2D eigenvalue weighted by Gasteiger charge is 2.41. The number of hydrogen-bond acceptors (Lipinski definition) is 2. The van der Waals surface area contributed by atoms with E-state index in [0.29, 0.717) is 0 Å². The van der Waals surface area contributed by atoms with Gasteiger partial charge in [0.15, 0.2) is 0 Å². The Morgan fingerprint density at radius 2 is 1.94 bits per heavy atom. The van der Waals surface area contributed by atoms with Crippen LogP contribution in [0.4, 0.5) is 17.6 Å². The molecule has 1 saturated carbocycles. The highest BCUT2D eigenvalue weighted by Crippen LogP contribution is 2.26. The molecular formula is C11H18F4N2O. The maximum atomic E-state index is 12.6. The Morgan fingerprint density at radius 3 is 2.50 bits per heavy atom. The van der Waals surface area contributed by atoms with Crippen molar-refractivity contribution in [1.29, 1.82) is 0 Å². The molecular weight excluding hydrogens is 252 g/mol. The van der Waals surface area contributed by atoms with Crippen molar-refractivity contribution in [2.24, 2.45) is 11.7 Å². The third-order valence-electron chi connectivity index (χ3n) is 3.26. The quantitative estimate of drug-likeness (QED) is 0.750. The molecule has 106 valence electrons. The zero-order chi connectivity index (χ0) is 13.8. The van der Waals surface area contributed by atoms with Crippen LogP contribution in [0.3, 0.4) is 0 Å². The van der Waals surface area contributed by atoms with Crippen molar-refractivity contribution >= 4 is 5.91 Å². The summed E-state index contributed by atoms with van der Waals surface area (Å²) < 4.78 is 48.9. The second kappa shape index (κ2) is 6.36. The second-order valence-corrected chi connectivity index (χ2v) is 4.75. The van der Waals surface area contributed by atoms with E-state index in [4.69, 9.17) is 5.73 Å². The lowest BCUT2D eigenvalue weighted by atomic mass is 9.83. The smallest absolute Gasteiger partial charge is 0.324 e. The SMILES string of the molecule is NC1CCCCC1CC(=O)NCC(F)(F)C(F)F. The zero-order valence-electron chi connectivity index (χ0n) is 9.97. The second-order valence-electron chi connectivity index (χ2n) is 4.75. The molecule has 2 atom stereocenters. The first-order valence-corrected chi connectivity index (χ1v) is 6.01. The maximum Gasteiger partial charge on any atom is 0.324 e. The van der Waals surface area contributed by atoms with E-state index >= 15 is 0 Å². The summed E-state index contributed by atoms with van der Waals surface area (Å²) in [7, 11) is 0. The highest BCUT2D eigenvalue weighted by atomic mass is 19.3. The van der Waals surface area contributed by atoms with E-state index in [9.17, 15) is 22.4 Å². The van der Waals surface area contributed by atoms with Gasteiger partial charge >= 0.3 is 12.3 Å². The van der Waals surface area contributed by atoms with Crippen molar-refractivity contribution < 1.29 is 22.4 Å². The summed E-state index contributed by atoms with van der Waals surface area (Å²) >= 11 is 0. The first kappa shape index (κ1) is 15.2. The average Bonchev–Trinajstić information content (AvgIpc) is 2.29. The summed E-state index contributed by atoms with van der Waals surface area (Å²) in [6, 6.07) is -0.111. The van der Waals surface area contributed by atoms with Gasteiger partial charge in [-0.3, -0.25) is 4.79 Å². The Balaban J connectivity index is 2.33. The van der Waals surface area contributed by atoms with E-state index in [1.54, 1.807) is 0 Å². The molecule has 1 aliphatic rings. The average molecular weight is 270 g/mol. The summed E-state index contributed by atoms with van der Waals surface area (Å²) in [4.78, 5) is 11.4. The van der Waals surface area contributed by atoms with Crippen molar-refractivity contribution in [3.05, 3.63) is 0 Å².